The summed E-state index contributed by atoms with van der Waals surface area (Å²) in [6.07, 6.45) is 1.58. The Balaban J connectivity index is 1.99. The van der Waals surface area contributed by atoms with Crippen molar-refractivity contribution in [2.75, 3.05) is 20.1 Å². The highest BCUT2D eigenvalue weighted by atomic mass is 15.5. The average Bonchev–Trinajstić information content (AvgIpc) is 1.63. The molecule has 2 heterocycles. The molecular formula is C7H12N+. The molecule has 3 aliphatic rings. The first-order valence-electron chi connectivity index (χ1n) is 3.64. The van der Waals surface area contributed by atoms with Crippen molar-refractivity contribution in [3.63, 3.8) is 0 Å². The van der Waals surface area contributed by atoms with Crippen LogP contribution in [0.15, 0.2) is 0 Å². The number of hydrogen-bond acceptors (Lipinski definition) is 0. The lowest BCUT2D eigenvalue weighted by atomic mass is 9.54. The van der Waals surface area contributed by atoms with Crippen LogP contribution in [0.5, 0.6) is 0 Å². The van der Waals surface area contributed by atoms with E-state index in [0.29, 0.717) is 0 Å². The number of piperidine rings is 4. The molecule has 2 unspecified atom stereocenters. The summed E-state index contributed by atoms with van der Waals surface area (Å²) in [5.74, 6) is 2.36. The highest BCUT2D eigenvalue weighted by Gasteiger charge is 2.72. The summed E-state index contributed by atoms with van der Waals surface area (Å²) in [4.78, 5) is 0. The summed E-state index contributed by atoms with van der Waals surface area (Å²) in [5, 5.41) is 0. The molecule has 0 N–H and O–H groups in total. The van der Waals surface area contributed by atoms with Crippen LogP contribution in [0.4, 0.5) is 0 Å². The summed E-state index contributed by atoms with van der Waals surface area (Å²) in [6, 6.07) is 1.16. The van der Waals surface area contributed by atoms with E-state index >= 15 is 0 Å². The Hall–Kier alpha value is -0.0400. The largest absolute Gasteiger partial charge is 0.322 e. The molecule has 0 bridgehead atoms. The molecule has 3 rings (SSSR count). The van der Waals surface area contributed by atoms with Crippen LogP contribution < -0.4 is 0 Å². The third kappa shape index (κ3) is 0.188. The zero-order valence-corrected chi connectivity index (χ0v) is 5.30. The molecule has 0 spiro atoms. The second-order valence-electron chi connectivity index (χ2n) is 4.09. The number of nitrogens with zero attached hydrogens (tertiary/aromatic N) is 1. The monoisotopic (exact) mass is 110 g/mol. The Bertz CT molecular complexity index is 140. The van der Waals surface area contributed by atoms with Crippen molar-refractivity contribution >= 4 is 0 Å². The van der Waals surface area contributed by atoms with Gasteiger partial charge in [-0.3, -0.25) is 0 Å². The zero-order valence-electron chi connectivity index (χ0n) is 5.30. The smallest absolute Gasteiger partial charge is 0.105 e. The predicted molar refractivity (Wildman–Crippen MR) is 31.3 cm³/mol. The molecule has 2 atom stereocenters. The molecule has 2 saturated heterocycles. The first-order valence-corrected chi connectivity index (χ1v) is 3.64. The van der Waals surface area contributed by atoms with Gasteiger partial charge in [-0.15, -0.1) is 0 Å². The van der Waals surface area contributed by atoms with Gasteiger partial charge in [0.25, 0.3) is 0 Å². The third-order valence-corrected chi connectivity index (χ3v) is 3.59. The second-order valence-corrected chi connectivity index (χ2v) is 4.09. The van der Waals surface area contributed by atoms with Crippen molar-refractivity contribution < 1.29 is 4.48 Å². The quantitative estimate of drug-likeness (QED) is 0.397. The van der Waals surface area contributed by atoms with Gasteiger partial charge in [-0.05, 0) is 6.42 Å². The molecule has 8 heavy (non-hydrogen) atoms. The minimum Gasteiger partial charge on any atom is -0.322 e. The Kier molecular flexibility index (Phi) is 0.372. The van der Waals surface area contributed by atoms with Gasteiger partial charge in [0.1, 0.15) is 6.04 Å². The van der Waals surface area contributed by atoms with Gasteiger partial charge in [0.15, 0.2) is 0 Å². The number of hydrogen-bond donors (Lipinski definition) is 0. The molecule has 0 aromatic carbocycles. The molecule has 0 radical (unpaired) electrons. The highest BCUT2D eigenvalue weighted by Crippen LogP contribution is 2.59. The zero-order chi connectivity index (χ0) is 5.35. The van der Waals surface area contributed by atoms with Crippen LogP contribution in [0.2, 0.25) is 0 Å². The lowest BCUT2D eigenvalue weighted by Crippen LogP contribution is -2.87. The van der Waals surface area contributed by atoms with Gasteiger partial charge in [-0.1, -0.05) is 0 Å². The van der Waals surface area contributed by atoms with Gasteiger partial charge in [-0.2, -0.15) is 0 Å². The van der Waals surface area contributed by atoms with Gasteiger partial charge in [-0.25, -0.2) is 0 Å². The summed E-state index contributed by atoms with van der Waals surface area (Å²) in [5.41, 5.74) is 0. The SMILES string of the molecule is C[N+]12CC3CC(C1)C32. The summed E-state index contributed by atoms with van der Waals surface area (Å²) < 4.78 is 1.45. The van der Waals surface area contributed by atoms with Crippen molar-refractivity contribution in [1.29, 1.82) is 0 Å². The average molecular weight is 110 g/mol. The molecule has 1 nitrogen and oxygen atoms in total. The lowest BCUT2D eigenvalue weighted by Gasteiger charge is -2.73. The van der Waals surface area contributed by atoms with Crippen molar-refractivity contribution in [3.8, 4) is 0 Å². The molecule has 1 saturated carbocycles. The minimum absolute atomic E-state index is 1.16. The Labute approximate surface area is 49.9 Å². The van der Waals surface area contributed by atoms with E-state index in [-0.39, 0.29) is 0 Å². The van der Waals surface area contributed by atoms with Crippen molar-refractivity contribution in [3.05, 3.63) is 0 Å². The van der Waals surface area contributed by atoms with Gasteiger partial charge < -0.3 is 4.48 Å². The maximum Gasteiger partial charge on any atom is 0.105 e. The molecule has 0 amide bonds. The van der Waals surface area contributed by atoms with Crippen molar-refractivity contribution in [2.24, 2.45) is 11.8 Å². The molecule has 0 aromatic rings. The summed E-state index contributed by atoms with van der Waals surface area (Å²) >= 11 is 0. The van der Waals surface area contributed by atoms with E-state index in [9.17, 15) is 0 Å². The Morgan fingerprint density at radius 3 is 2.00 bits per heavy atom. The maximum absolute atomic E-state index is 2.41. The first kappa shape index (κ1) is 3.89. The molecule has 44 valence electrons. The van der Waals surface area contributed by atoms with Crippen LogP contribution in [0.3, 0.4) is 0 Å². The minimum atomic E-state index is 1.16. The standard InChI is InChI=1S/C7H12N/c1-8-3-5-2-6(4-8)7(5)8/h5-7H,2-4H2,1H3/q+1. The van der Waals surface area contributed by atoms with Gasteiger partial charge in [0.05, 0.1) is 32.0 Å². The second kappa shape index (κ2) is 0.766. The van der Waals surface area contributed by atoms with E-state index in [1.54, 1.807) is 6.42 Å². The third-order valence-electron chi connectivity index (χ3n) is 3.59. The lowest BCUT2D eigenvalue weighted by molar-refractivity contribution is -1.05. The van der Waals surface area contributed by atoms with Crippen LogP contribution in [0.1, 0.15) is 6.42 Å². The van der Waals surface area contributed by atoms with Gasteiger partial charge in [0, 0.05) is 0 Å². The number of rotatable bonds is 0. The van der Waals surface area contributed by atoms with Crippen molar-refractivity contribution in [2.45, 2.75) is 12.5 Å². The molecule has 1 aliphatic carbocycles. The van der Waals surface area contributed by atoms with Crippen LogP contribution in [0.25, 0.3) is 0 Å². The van der Waals surface area contributed by atoms with E-state index in [1.165, 1.54) is 29.4 Å². The first-order chi connectivity index (χ1) is 3.80. The fraction of sp³-hybridized carbons (Fsp3) is 1.00. The van der Waals surface area contributed by atoms with E-state index < -0.39 is 0 Å². The number of quaternary nitrogens is 1. The predicted octanol–water partition coefficient (Wildman–Crippen LogP) is 0.465. The highest BCUT2D eigenvalue weighted by molar-refractivity contribution is 5.04. The van der Waals surface area contributed by atoms with E-state index in [1.807, 2.05) is 0 Å². The molecule has 3 fully saturated rings. The summed E-state index contributed by atoms with van der Waals surface area (Å²) in [6.45, 7) is 3.03. The van der Waals surface area contributed by atoms with Crippen LogP contribution >= 0.6 is 0 Å². The fourth-order valence-corrected chi connectivity index (χ4v) is 3.35. The molecular weight excluding hydrogens is 98.1 g/mol. The molecule has 0 aromatic heterocycles. The Morgan fingerprint density at radius 1 is 1.25 bits per heavy atom. The summed E-state index contributed by atoms with van der Waals surface area (Å²) in [7, 11) is 2.41. The van der Waals surface area contributed by atoms with E-state index in [4.69, 9.17) is 0 Å². The fourth-order valence-electron chi connectivity index (χ4n) is 3.35. The van der Waals surface area contributed by atoms with Crippen LogP contribution in [-0.4, -0.2) is 30.7 Å². The Morgan fingerprint density at radius 2 is 1.88 bits per heavy atom. The van der Waals surface area contributed by atoms with Crippen LogP contribution in [0, 0.1) is 11.8 Å². The van der Waals surface area contributed by atoms with E-state index in [2.05, 4.69) is 7.05 Å². The normalized spacial score (nSPS) is 73.9. The van der Waals surface area contributed by atoms with E-state index in [0.717, 1.165) is 6.04 Å². The van der Waals surface area contributed by atoms with Gasteiger partial charge >= 0.3 is 0 Å². The maximum atomic E-state index is 2.41. The van der Waals surface area contributed by atoms with Crippen LogP contribution in [-0.2, 0) is 0 Å². The molecule has 2 aliphatic heterocycles. The molecule has 1 heteroatoms. The topological polar surface area (TPSA) is 0 Å². The van der Waals surface area contributed by atoms with Crippen molar-refractivity contribution in [1.82, 2.24) is 0 Å². The van der Waals surface area contributed by atoms with Gasteiger partial charge in [0.2, 0.25) is 0 Å².